The highest BCUT2D eigenvalue weighted by molar-refractivity contribution is 6.21. The van der Waals surface area contributed by atoms with Gasteiger partial charge in [-0.25, -0.2) is 4.98 Å². The van der Waals surface area contributed by atoms with E-state index in [0.717, 1.165) is 28.0 Å². The standard InChI is InChI=1S/C13H9NO2.C13H12O.Al/c15-11-7-3-1-5-9(11)13-14-10-6-2-4-8-12(10)16-13;1-10-2-4-11(5-3-10)12-6-8-13(14)9-7-12;/h1-8,15H;2-9,14H,1H3;/q;;+2/p-2. The van der Waals surface area contributed by atoms with E-state index in [-0.39, 0.29) is 0 Å². The molecule has 0 amide bonds. The Morgan fingerprint density at radius 2 is 1.39 bits per heavy atom. The van der Waals surface area contributed by atoms with Crippen molar-refractivity contribution in [2.45, 2.75) is 6.92 Å². The van der Waals surface area contributed by atoms with Crippen LogP contribution in [-0.2, 0) is 0 Å². The molecule has 1 radical (unpaired) electrons. The van der Waals surface area contributed by atoms with E-state index in [0.29, 0.717) is 11.6 Å². The van der Waals surface area contributed by atoms with E-state index in [1.165, 1.54) is 11.1 Å². The van der Waals surface area contributed by atoms with Gasteiger partial charge in [-0.2, -0.15) is 0 Å². The van der Waals surface area contributed by atoms with E-state index in [1.54, 1.807) is 0 Å². The SMILES string of the molecule is Cc1ccc(-c2ccc([O][Al][O]c3ccccc3-c3nc4ccccc4o3)cc2)cc1. The molecule has 0 aliphatic carbocycles. The second kappa shape index (κ2) is 8.69. The first-order valence-electron chi connectivity index (χ1n) is 10.0. The molecule has 1 aromatic heterocycles. The van der Waals surface area contributed by atoms with E-state index in [1.807, 2.05) is 60.7 Å². The second-order valence-corrected chi connectivity index (χ2v) is 7.87. The monoisotopic (exact) mass is 420 g/mol. The highest BCUT2D eigenvalue weighted by atomic mass is 27.2. The summed E-state index contributed by atoms with van der Waals surface area (Å²) in [7, 11) is 0. The zero-order valence-electron chi connectivity index (χ0n) is 17.0. The van der Waals surface area contributed by atoms with Gasteiger partial charge in [-0.05, 0) is 54.4 Å². The molecule has 1 heterocycles. The fraction of sp³-hybridized carbons (Fsp3) is 0.0385. The zero-order valence-corrected chi connectivity index (χ0v) is 18.1. The molecule has 149 valence electrons. The summed E-state index contributed by atoms with van der Waals surface area (Å²) in [6.45, 7) is 2.09. The predicted molar refractivity (Wildman–Crippen MR) is 123 cm³/mol. The van der Waals surface area contributed by atoms with E-state index < -0.39 is 15.9 Å². The molecule has 5 heteroatoms. The first-order valence-corrected chi connectivity index (χ1v) is 11.0. The average Bonchev–Trinajstić information content (AvgIpc) is 3.25. The van der Waals surface area contributed by atoms with Crippen molar-refractivity contribution in [2.24, 2.45) is 0 Å². The van der Waals surface area contributed by atoms with Gasteiger partial charge >= 0.3 is 15.9 Å². The predicted octanol–water partition coefficient (Wildman–Crippen LogP) is 6.46. The lowest BCUT2D eigenvalue weighted by Crippen LogP contribution is -2.11. The molecule has 0 N–H and O–H groups in total. The Morgan fingerprint density at radius 3 is 2.16 bits per heavy atom. The lowest BCUT2D eigenvalue weighted by Gasteiger charge is -2.11. The van der Waals surface area contributed by atoms with Crippen molar-refractivity contribution in [1.82, 2.24) is 4.98 Å². The van der Waals surface area contributed by atoms with Crippen molar-refractivity contribution in [3.05, 3.63) is 103 Å². The van der Waals surface area contributed by atoms with Crippen LogP contribution in [0.5, 0.6) is 11.5 Å². The summed E-state index contributed by atoms with van der Waals surface area (Å²) in [4.78, 5) is 4.58. The van der Waals surface area contributed by atoms with Gasteiger partial charge in [0.1, 0.15) is 5.52 Å². The number of oxazole rings is 1. The Hall–Kier alpha value is -3.52. The topological polar surface area (TPSA) is 44.5 Å². The van der Waals surface area contributed by atoms with Gasteiger partial charge in [0.15, 0.2) is 5.58 Å². The maximum Gasteiger partial charge on any atom is 0.881 e. The van der Waals surface area contributed by atoms with Crippen LogP contribution in [-0.4, -0.2) is 20.9 Å². The number of aromatic nitrogens is 1. The van der Waals surface area contributed by atoms with E-state index in [4.69, 9.17) is 12.0 Å². The van der Waals surface area contributed by atoms with Crippen molar-refractivity contribution in [3.63, 3.8) is 0 Å². The largest absolute Gasteiger partial charge is 0.881 e. The lowest BCUT2D eigenvalue weighted by molar-refractivity contribution is 0.458. The maximum absolute atomic E-state index is 5.98. The molecule has 31 heavy (non-hydrogen) atoms. The minimum Gasteiger partial charge on any atom is -0.616 e. The molecule has 0 spiro atoms. The molecular formula is C26H19AlNO3. The summed E-state index contributed by atoms with van der Waals surface area (Å²) >= 11 is -0.740. The molecule has 0 aliphatic rings. The van der Waals surface area contributed by atoms with Crippen LogP contribution in [0.1, 0.15) is 5.56 Å². The number of benzene rings is 4. The highest BCUT2D eigenvalue weighted by Crippen LogP contribution is 2.31. The molecule has 0 saturated carbocycles. The molecule has 4 nitrogen and oxygen atoms in total. The molecule has 0 bridgehead atoms. The summed E-state index contributed by atoms with van der Waals surface area (Å²) < 4.78 is 17.8. The molecule has 5 rings (SSSR count). The molecular weight excluding hydrogens is 401 g/mol. The smallest absolute Gasteiger partial charge is 0.616 e. The molecule has 0 fully saturated rings. The highest BCUT2D eigenvalue weighted by Gasteiger charge is 2.15. The molecule has 4 aromatic carbocycles. The zero-order chi connectivity index (χ0) is 21.0. The van der Waals surface area contributed by atoms with Gasteiger partial charge in [-0.1, -0.05) is 66.2 Å². The number of fused-ring (bicyclic) bond motifs is 1. The number of hydrogen-bond acceptors (Lipinski definition) is 4. The first-order chi connectivity index (χ1) is 15.3. The van der Waals surface area contributed by atoms with Crippen molar-refractivity contribution in [3.8, 4) is 34.1 Å². The number of rotatable bonds is 6. The summed E-state index contributed by atoms with van der Waals surface area (Å²) in [6.07, 6.45) is 0. The minimum absolute atomic E-state index is 0.540. The molecule has 5 aromatic rings. The molecule has 0 aliphatic heterocycles. The van der Waals surface area contributed by atoms with E-state index in [2.05, 4.69) is 48.3 Å². The van der Waals surface area contributed by atoms with Crippen LogP contribution in [0.4, 0.5) is 0 Å². The normalized spacial score (nSPS) is 10.7. The van der Waals surface area contributed by atoms with Crippen LogP contribution in [0.2, 0.25) is 0 Å². The van der Waals surface area contributed by atoms with Crippen molar-refractivity contribution in [1.29, 1.82) is 0 Å². The third kappa shape index (κ3) is 4.34. The van der Waals surface area contributed by atoms with E-state index in [9.17, 15) is 0 Å². The van der Waals surface area contributed by atoms with Gasteiger partial charge in [0.2, 0.25) is 5.89 Å². The van der Waals surface area contributed by atoms with Crippen LogP contribution in [0.15, 0.2) is 101 Å². The molecule has 0 saturated heterocycles. The van der Waals surface area contributed by atoms with Crippen molar-refractivity contribution < 1.29 is 12.0 Å². The van der Waals surface area contributed by atoms with Gasteiger partial charge in [-0.15, -0.1) is 0 Å². The van der Waals surface area contributed by atoms with Gasteiger partial charge < -0.3 is 12.0 Å². The molecule has 0 atom stereocenters. The van der Waals surface area contributed by atoms with Crippen LogP contribution in [0.25, 0.3) is 33.7 Å². The summed E-state index contributed by atoms with van der Waals surface area (Å²) in [6, 6.07) is 32.0. The fourth-order valence-corrected chi connectivity index (χ4v) is 3.96. The third-order valence-corrected chi connectivity index (χ3v) is 5.73. The number of nitrogens with zero attached hydrogens (tertiary/aromatic N) is 1. The fourth-order valence-electron chi connectivity index (χ4n) is 3.34. The Balaban J connectivity index is 1.27. The third-order valence-electron chi connectivity index (χ3n) is 5.01. The Bertz CT molecular complexity index is 1280. The number of para-hydroxylation sites is 3. The second-order valence-electron chi connectivity index (χ2n) is 7.21. The van der Waals surface area contributed by atoms with Gasteiger partial charge in [0.25, 0.3) is 0 Å². The van der Waals surface area contributed by atoms with Crippen molar-refractivity contribution >= 4 is 27.0 Å². The van der Waals surface area contributed by atoms with Crippen LogP contribution >= 0.6 is 0 Å². The van der Waals surface area contributed by atoms with Gasteiger partial charge in [-0.3, -0.25) is 0 Å². The average molecular weight is 420 g/mol. The van der Waals surface area contributed by atoms with Crippen LogP contribution in [0.3, 0.4) is 0 Å². The van der Waals surface area contributed by atoms with Crippen molar-refractivity contribution in [2.75, 3.05) is 0 Å². The summed E-state index contributed by atoms with van der Waals surface area (Å²) in [5.41, 5.74) is 5.99. The van der Waals surface area contributed by atoms with E-state index >= 15 is 0 Å². The van der Waals surface area contributed by atoms with Crippen LogP contribution < -0.4 is 7.58 Å². The number of hydrogen-bond donors (Lipinski definition) is 0. The number of aryl methyl sites for hydroxylation is 1. The van der Waals surface area contributed by atoms with Gasteiger partial charge in [0.05, 0.1) is 17.1 Å². The first kappa shape index (κ1) is 19.4. The Kier molecular flexibility index (Phi) is 5.45. The van der Waals surface area contributed by atoms with Gasteiger partial charge in [0, 0.05) is 0 Å². The minimum atomic E-state index is -0.740. The quantitative estimate of drug-likeness (QED) is 0.296. The van der Waals surface area contributed by atoms with Crippen LogP contribution in [0, 0.1) is 6.92 Å². The summed E-state index contributed by atoms with van der Waals surface area (Å²) in [5.74, 6) is 2.02. The maximum atomic E-state index is 5.98. The Labute approximate surface area is 187 Å². The molecule has 0 unspecified atom stereocenters. The summed E-state index contributed by atoms with van der Waals surface area (Å²) in [5, 5.41) is 0. The lowest BCUT2D eigenvalue weighted by atomic mass is 10.0. The Morgan fingerprint density at radius 1 is 0.710 bits per heavy atom.